The number of fused-ring (bicyclic) bond motifs is 4. The Balaban J connectivity index is 1.45. The van der Waals surface area contributed by atoms with Gasteiger partial charge in [-0.05, 0) is 97.9 Å². The van der Waals surface area contributed by atoms with Gasteiger partial charge in [-0.1, -0.05) is 23.9 Å². The summed E-state index contributed by atoms with van der Waals surface area (Å²) in [6.07, 6.45) is 22.3. The maximum Gasteiger partial charge on any atom is 0.0798 e. The monoisotopic (exact) mass is 444 g/mol. The molecule has 0 N–H and O–H groups in total. The number of thioether (sulfide) groups is 1. The molecule has 5 aliphatic rings. The van der Waals surface area contributed by atoms with Crippen molar-refractivity contribution in [1.82, 2.24) is 0 Å². The smallest absolute Gasteiger partial charge is 0.0798 e. The van der Waals surface area contributed by atoms with Crippen molar-refractivity contribution in [1.29, 1.82) is 0 Å². The molecule has 0 saturated carbocycles. The normalized spacial score (nSPS) is 20.0. The SMILES string of the molecule is Cc1cccc(SC2=CC3=CC4=NC(=CC5=NC(=CC6=NC(=CC2=N3)C=C6)C=C5)C=C4)c1C. The molecule has 6 rings (SSSR count). The molecule has 0 fully saturated rings. The molecule has 0 aliphatic carbocycles. The summed E-state index contributed by atoms with van der Waals surface area (Å²) in [5.74, 6) is 0. The number of aryl methyl sites for hydroxylation is 1. The molecule has 8 bridgehead atoms. The van der Waals surface area contributed by atoms with E-state index in [0.717, 1.165) is 50.5 Å². The molecular formula is C28H20N4S. The van der Waals surface area contributed by atoms with Crippen molar-refractivity contribution < 1.29 is 0 Å². The summed E-state index contributed by atoms with van der Waals surface area (Å²) >= 11 is 1.74. The number of benzene rings is 1. The predicted molar refractivity (Wildman–Crippen MR) is 139 cm³/mol. The third-order valence-corrected chi connectivity index (χ3v) is 6.99. The van der Waals surface area contributed by atoms with E-state index in [4.69, 9.17) is 15.0 Å². The molecule has 158 valence electrons. The van der Waals surface area contributed by atoms with Crippen LogP contribution in [0, 0.1) is 13.8 Å². The molecule has 33 heavy (non-hydrogen) atoms. The lowest BCUT2D eigenvalue weighted by atomic mass is 10.1. The van der Waals surface area contributed by atoms with Crippen molar-refractivity contribution in [3.63, 3.8) is 0 Å². The fraction of sp³-hybridized carbons (Fsp3) is 0.0714. The van der Waals surface area contributed by atoms with Crippen molar-refractivity contribution in [3.8, 4) is 0 Å². The van der Waals surface area contributed by atoms with Crippen LogP contribution >= 0.6 is 11.8 Å². The van der Waals surface area contributed by atoms with Crippen LogP contribution in [0.1, 0.15) is 11.1 Å². The highest BCUT2D eigenvalue weighted by molar-refractivity contribution is 8.04. The third kappa shape index (κ3) is 4.03. The summed E-state index contributed by atoms with van der Waals surface area (Å²) in [7, 11) is 0. The Morgan fingerprint density at radius 1 is 0.576 bits per heavy atom. The van der Waals surface area contributed by atoms with Crippen LogP contribution in [0.5, 0.6) is 0 Å². The standard InChI is InChI=1S/C28H20N4S/c1-17-4-3-5-27(18(17)2)33-28-16-25-14-23-9-8-21(30-23)12-19-6-7-20(29-19)13-22-10-11-24(31-22)15-26(28)32-25/h3-16H,1-2H3. The van der Waals surface area contributed by atoms with Gasteiger partial charge >= 0.3 is 0 Å². The number of rotatable bonds is 2. The van der Waals surface area contributed by atoms with Crippen LogP contribution in [-0.2, 0) is 0 Å². The van der Waals surface area contributed by atoms with Crippen LogP contribution in [0.2, 0.25) is 0 Å². The Labute approximate surface area is 197 Å². The van der Waals surface area contributed by atoms with E-state index >= 15 is 0 Å². The minimum absolute atomic E-state index is 0.882. The molecule has 0 spiro atoms. The molecule has 0 unspecified atom stereocenters. The zero-order chi connectivity index (χ0) is 22.4. The summed E-state index contributed by atoms with van der Waals surface area (Å²) in [6.45, 7) is 4.31. The summed E-state index contributed by atoms with van der Waals surface area (Å²) in [4.78, 5) is 21.4. The highest BCUT2D eigenvalue weighted by atomic mass is 32.2. The van der Waals surface area contributed by atoms with Crippen LogP contribution in [0.15, 0.2) is 138 Å². The van der Waals surface area contributed by atoms with E-state index < -0.39 is 0 Å². The Morgan fingerprint density at radius 2 is 1.15 bits per heavy atom. The molecule has 5 aliphatic heterocycles. The second kappa shape index (κ2) is 7.94. The van der Waals surface area contributed by atoms with Crippen molar-refractivity contribution >= 4 is 34.6 Å². The minimum atomic E-state index is 0.882. The highest BCUT2D eigenvalue weighted by Crippen LogP contribution is 2.36. The average molecular weight is 445 g/mol. The summed E-state index contributed by atoms with van der Waals surface area (Å²) < 4.78 is 0. The second-order valence-electron chi connectivity index (χ2n) is 8.19. The summed E-state index contributed by atoms with van der Waals surface area (Å²) in [6, 6.07) is 6.42. The zero-order valence-electron chi connectivity index (χ0n) is 18.3. The maximum absolute atomic E-state index is 4.92. The van der Waals surface area contributed by atoms with E-state index in [-0.39, 0.29) is 0 Å². The molecule has 0 amide bonds. The molecule has 0 atom stereocenters. The molecule has 5 heterocycles. The van der Waals surface area contributed by atoms with Gasteiger partial charge in [-0.15, -0.1) is 0 Å². The van der Waals surface area contributed by atoms with E-state index in [9.17, 15) is 0 Å². The topological polar surface area (TPSA) is 49.4 Å². The van der Waals surface area contributed by atoms with Gasteiger partial charge in [0.2, 0.25) is 0 Å². The number of nitrogens with zero attached hydrogens (tertiary/aromatic N) is 4. The van der Waals surface area contributed by atoms with Crippen molar-refractivity contribution in [2.45, 2.75) is 18.7 Å². The molecular weight excluding hydrogens is 424 g/mol. The Morgan fingerprint density at radius 3 is 1.79 bits per heavy atom. The van der Waals surface area contributed by atoms with Gasteiger partial charge in [-0.3, -0.25) is 0 Å². The van der Waals surface area contributed by atoms with Gasteiger partial charge in [-0.2, -0.15) is 0 Å². The van der Waals surface area contributed by atoms with E-state index in [1.54, 1.807) is 11.8 Å². The van der Waals surface area contributed by atoms with Crippen molar-refractivity contribution in [3.05, 3.63) is 124 Å². The molecule has 0 aromatic heterocycles. The second-order valence-corrected chi connectivity index (χ2v) is 9.28. The van der Waals surface area contributed by atoms with E-state index in [1.807, 2.05) is 54.7 Å². The van der Waals surface area contributed by atoms with Crippen LogP contribution in [0.25, 0.3) is 0 Å². The lowest BCUT2D eigenvalue weighted by Gasteiger charge is -2.09. The summed E-state index contributed by atoms with van der Waals surface area (Å²) in [5.41, 5.74) is 9.68. The molecule has 1 aromatic rings. The van der Waals surface area contributed by atoms with Gasteiger partial charge < -0.3 is 0 Å². The maximum atomic E-state index is 4.92. The number of allylic oxidation sites excluding steroid dienone is 12. The molecule has 1 aromatic carbocycles. The fourth-order valence-electron chi connectivity index (χ4n) is 3.91. The molecule has 0 radical (unpaired) electrons. The van der Waals surface area contributed by atoms with Gasteiger partial charge in [-0.25, -0.2) is 20.0 Å². The van der Waals surface area contributed by atoms with E-state index in [1.165, 1.54) is 16.0 Å². The number of aliphatic imine (C=N–C) groups is 4. The van der Waals surface area contributed by atoms with Gasteiger partial charge in [0.25, 0.3) is 0 Å². The molecule has 0 saturated heterocycles. The van der Waals surface area contributed by atoms with Gasteiger partial charge in [0.15, 0.2) is 0 Å². The van der Waals surface area contributed by atoms with Crippen LogP contribution in [0.3, 0.4) is 0 Å². The first-order chi connectivity index (χ1) is 16.1. The fourth-order valence-corrected chi connectivity index (χ4v) is 4.99. The molecule has 5 heteroatoms. The van der Waals surface area contributed by atoms with Gasteiger partial charge in [0.1, 0.15) is 0 Å². The lowest BCUT2D eigenvalue weighted by molar-refractivity contribution is 1.23. The highest BCUT2D eigenvalue weighted by Gasteiger charge is 2.19. The first kappa shape index (κ1) is 19.8. The first-order valence-electron chi connectivity index (χ1n) is 10.8. The Bertz CT molecular complexity index is 1480. The average Bonchev–Trinajstić information content (AvgIpc) is 3.57. The van der Waals surface area contributed by atoms with Crippen molar-refractivity contribution in [2.75, 3.05) is 0 Å². The minimum Gasteiger partial charge on any atom is -0.249 e. The first-order valence-corrected chi connectivity index (χ1v) is 11.6. The zero-order valence-corrected chi connectivity index (χ0v) is 19.1. The van der Waals surface area contributed by atoms with E-state index in [2.05, 4.69) is 49.2 Å². The number of hydrogen-bond donors (Lipinski definition) is 0. The molecule has 4 nitrogen and oxygen atoms in total. The van der Waals surface area contributed by atoms with Gasteiger partial charge in [0, 0.05) is 9.80 Å². The summed E-state index contributed by atoms with van der Waals surface area (Å²) in [5, 5.41) is 0. The van der Waals surface area contributed by atoms with Crippen LogP contribution < -0.4 is 0 Å². The lowest BCUT2D eigenvalue weighted by Crippen LogP contribution is -1.94. The predicted octanol–water partition coefficient (Wildman–Crippen LogP) is 6.32. The van der Waals surface area contributed by atoms with Crippen LogP contribution in [0.4, 0.5) is 0 Å². The largest absolute Gasteiger partial charge is 0.249 e. The Hall–Kier alpha value is -3.83. The Kier molecular flexibility index (Phi) is 4.77. The van der Waals surface area contributed by atoms with E-state index in [0.29, 0.717) is 0 Å². The third-order valence-electron chi connectivity index (χ3n) is 5.78. The van der Waals surface area contributed by atoms with Crippen molar-refractivity contribution in [2.24, 2.45) is 20.0 Å². The van der Waals surface area contributed by atoms with Crippen LogP contribution in [-0.4, -0.2) is 22.8 Å². The van der Waals surface area contributed by atoms with Gasteiger partial charge in [0.05, 0.1) is 45.6 Å². The number of hydrogen-bond acceptors (Lipinski definition) is 5. The quantitative estimate of drug-likeness (QED) is 0.527.